The van der Waals surface area contributed by atoms with Crippen LogP contribution in [0.3, 0.4) is 0 Å². The molecule has 1 aromatic rings. The summed E-state index contributed by atoms with van der Waals surface area (Å²) in [6, 6.07) is 6.48. The van der Waals surface area contributed by atoms with Crippen LogP contribution in [0.1, 0.15) is 23.1 Å². The number of nitrogens with one attached hydrogen (secondary N) is 1. The molecule has 0 saturated heterocycles. The standard InChI is InChI=1S/C15H22N2O/c1-17(2)9-8-16-15(18)11-12-6-7-13-4-3-5-14(13)10-12/h6-7,10H,3-5,8-9,11H2,1-2H3,(H,16,18). The van der Waals surface area contributed by atoms with E-state index in [1.807, 2.05) is 14.1 Å². The largest absolute Gasteiger partial charge is 0.355 e. The Labute approximate surface area is 109 Å². The van der Waals surface area contributed by atoms with Crippen molar-refractivity contribution in [2.24, 2.45) is 0 Å². The maximum Gasteiger partial charge on any atom is 0.224 e. The van der Waals surface area contributed by atoms with Crippen molar-refractivity contribution in [3.8, 4) is 0 Å². The molecule has 1 N–H and O–H groups in total. The second-order valence-electron chi connectivity index (χ2n) is 5.29. The molecule has 0 saturated carbocycles. The van der Waals surface area contributed by atoms with Gasteiger partial charge in [-0.05, 0) is 50.0 Å². The minimum absolute atomic E-state index is 0.120. The van der Waals surface area contributed by atoms with Crippen LogP contribution in [0.15, 0.2) is 18.2 Å². The quantitative estimate of drug-likeness (QED) is 0.851. The van der Waals surface area contributed by atoms with Gasteiger partial charge in [0.25, 0.3) is 0 Å². The molecule has 3 nitrogen and oxygen atoms in total. The SMILES string of the molecule is CN(C)CCNC(=O)Cc1ccc2c(c1)CCC2. The van der Waals surface area contributed by atoms with Crippen molar-refractivity contribution >= 4 is 5.91 Å². The molecule has 0 atom stereocenters. The molecular formula is C15H22N2O. The zero-order valence-electron chi connectivity index (χ0n) is 11.3. The van der Waals surface area contributed by atoms with Crippen LogP contribution in [-0.4, -0.2) is 38.0 Å². The van der Waals surface area contributed by atoms with Crippen molar-refractivity contribution in [3.05, 3.63) is 34.9 Å². The first-order valence-corrected chi connectivity index (χ1v) is 6.67. The van der Waals surface area contributed by atoms with Crippen LogP contribution in [0.4, 0.5) is 0 Å². The lowest BCUT2D eigenvalue weighted by atomic mass is 10.0. The molecule has 0 spiro atoms. The minimum Gasteiger partial charge on any atom is -0.355 e. The van der Waals surface area contributed by atoms with Crippen LogP contribution in [0.25, 0.3) is 0 Å². The van der Waals surface area contributed by atoms with Gasteiger partial charge in [0.2, 0.25) is 5.91 Å². The number of carbonyl (C=O) groups is 1. The number of carbonyl (C=O) groups excluding carboxylic acids is 1. The Kier molecular flexibility index (Phi) is 4.37. The van der Waals surface area contributed by atoms with E-state index in [2.05, 4.69) is 28.4 Å². The smallest absolute Gasteiger partial charge is 0.224 e. The number of hydrogen-bond acceptors (Lipinski definition) is 2. The fourth-order valence-electron chi connectivity index (χ4n) is 2.40. The van der Waals surface area contributed by atoms with Crippen molar-refractivity contribution in [3.63, 3.8) is 0 Å². The highest BCUT2D eigenvalue weighted by molar-refractivity contribution is 5.78. The van der Waals surface area contributed by atoms with Crippen molar-refractivity contribution in [2.75, 3.05) is 27.2 Å². The highest BCUT2D eigenvalue weighted by atomic mass is 16.1. The monoisotopic (exact) mass is 246 g/mol. The van der Waals surface area contributed by atoms with Gasteiger partial charge in [-0.3, -0.25) is 4.79 Å². The number of fused-ring (bicyclic) bond motifs is 1. The highest BCUT2D eigenvalue weighted by Crippen LogP contribution is 2.22. The fourth-order valence-corrected chi connectivity index (χ4v) is 2.40. The zero-order valence-corrected chi connectivity index (χ0v) is 11.3. The lowest BCUT2D eigenvalue weighted by molar-refractivity contribution is -0.120. The van der Waals surface area contributed by atoms with Gasteiger partial charge in [-0.25, -0.2) is 0 Å². The van der Waals surface area contributed by atoms with Gasteiger partial charge in [-0.2, -0.15) is 0 Å². The summed E-state index contributed by atoms with van der Waals surface area (Å²) >= 11 is 0. The first kappa shape index (κ1) is 13.1. The van der Waals surface area contributed by atoms with Gasteiger partial charge in [0.1, 0.15) is 0 Å². The second-order valence-corrected chi connectivity index (χ2v) is 5.29. The molecule has 0 radical (unpaired) electrons. The molecule has 2 rings (SSSR count). The Morgan fingerprint density at radius 1 is 1.28 bits per heavy atom. The van der Waals surface area contributed by atoms with Crippen molar-refractivity contribution in [1.29, 1.82) is 0 Å². The van der Waals surface area contributed by atoms with Crippen LogP contribution < -0.4 is 5.32 Å². The Bertz CT molecular complexity index is 427. The topological polar surface area (TPSA) is 32.3 Å². The van der Waals surface area contributed by atoms with Gasteiger partial charge in [0.05, 0.1) is 6.42 Å². The Hall–Kier alpha value is -1.35. The Morgan fingerprint density at radius 2 is 2.06 bits per heavy atom. The Morgan fingerprint density at radius 3 is 2.83 bits per heavy atom. The average Bonchev–Trinajstić information content (AvgIpc) is 2.75. The maximum atomic E-state index is 11.8. The van der Waals surface area contributed by atoms with E-state index in [0.29, 0.717) is 6.42 Å². The molecule has 0 fully saturated rings. The summed E-state index contributed by atoms with van der Waals surface area (Å²) in [5, 5.41) is 2.95. The summed E-state index contributed by atoms with van der Waals surface area (Å²) in [6.45, 7) is 1.60. The second kappa shape index (κ2) is 6.01. The van der Waals surface area contributed by atoms with Crippen molar-refractivity contribution in [2.45, 2.75) is 25.7 Å². The number of likely N-dealkylation sites (N-methyl/N-ethyl adjacent to an activating group) is 1. The molecule has 0 bridgehead atoms. The molecule has 1 aromatic carbocycles. The molecule has 0 heterocycles. The summed E-state index contributed by atoms with van der Waals surface area (Å²) in [5.74, 6) is 0.120. The summed E-state index contributed by atoms with van der Waals surface area (Å²) in [4.78, 5) is 13.8. The number of benzene rings is 1. The molecule has 98 valence electrons. The van der Waals surface area contributed by atoms with E-state index >= 15 is 0 Å². The summed E-state index contributed by atoms with van der Waals surface area (Å²) in [5.41, 5.74) is 4.04. The molecule has 18 heavy (non-hydrogen) atoms. The number of hydrogen-bond donors (Lipinski definition) is 1. The molecule has 1 aliphatic carbocycles. The Balaban J connectivity index is 1.84. The van der Waals surface area contributed by atoms with Crippen molar-refractivity contribution < 1.29 is 4.79 Å². The molecule has 1 aliphatic rings. The third-order valence-electron chi connectivity index (χ3n) is 3.41. The van der Waals surface area contributed by atoms with E-state index < -0.39 is 0 Å². The van der Waals surface area contributed by atoms with E-state index in [9.17, 15) is 4.79 Å². The van der Waals surface area contributed by atoms with Crippen LogP contribution >= 0.6 is 0 Å². The number of rotatable bonds is 5. The van der Waals surface area contributed by atoms with Gasteiger partial charge >= 0.3 is 0 Å². The highest BCUT2D eigenvalue weighted by Gasteiger charge is 2.11. The fraction of sp³-hybridized carbons (Fsp3) is 0.533. The van der Waals surface area contributed by atoms with Crippen LogP contribution in [0.2, 0.25) is 0 Å². The molecule has 0 aliphatic heterocycles. The minimum atomic E-state index is 0.120. The van der Waals surface area contributed by atoms with Crippen molar-refractivity contribution in [1.82, 2.24) is 10.2 Å². The number of aryl methyl sites for hydroxylation is 2. The molecule has 3 heteroatoms. The summed E-state index contributed by atoms with van der Waals surface area (Å²) in [6.07, 6.45) is 4.13. The molecular weight excluding hydrogens is 224 g/mol. The normalized spacial score (nSPS) is 13.7. The maximum absolute atomic E-state index is 11.8. The lowest BCUT2D eigenvalue weighted by Crippen LogP contribution is -2.32. The number of nitrogens with zero attached hydrogens (tertiary/aromatic N) is 1. The van der Waals surface area contributed by atoms with E-state index in [4.69, 9.17) is 0 Å². The lowest BCUT2D eigenvalue weighted by Gasteiger charge is -2.10. The average molecular weight is 246 g/mol. The van der Waals surface area contributed by atoms with Crippen LogP contribution in [0.5, 0.6) is 0 Å². The summed E-state index contributed by atoms with van der Waals surface area (Å²) in [7, 11) is 4.01. The molecule has 0 aromatic heterocycles. The third kappa shape index (κ3) is 3.57. The predicted octanol–water partition coefficient (Wildman–Crippen LogP) is 1.40. The van der Waals surface area contributed by atoms with Gasteiger partial charge in [-0.1, -0.05) is 18.2 Å². The molecule has 0 unspecified atom stereocenters. The third-order valence-corrected chi connectivity index (χ3v) is 3.41. The summed E-state index contributed by atoms with van der Waals surface area (Å²) < 4.78 is 0. The first-order valence-electron chi connectivity index (χ1n) is 6.67. The van der Waals surface area contributed by atoms with Gasteiger partial charge in [0, 0.05) is 13.1 Å². The van der Waals surface area contributed by atoms with E-state index in [1.165, 1.54) is 30.4 Å². The van der Waals surface area contributed by atoms with Gasteiger partial charge in [-0.15, -0.1) is 0 Å². The predicted molar refractivity (Wildman–Crippen MR) is 73.7 cm³/mol. The van der Waals surface area contributed by atoms with Crippen LogP contribution in [-0.2, 0) is 24.1 Å². The van der Waals surface area contributed by atoms with E-state index in [0.717, 1.165) is 18.7 Å². The van der Waals surface area contributed by atoms with E-state index in [1.54, 1.807) is 0 Å². The zero-order chi connectivity index (χ0) is 13.0. The van der Waals surface area contributed by atoms with Gasteiger partial charge in [0.15, 0.2) is 0 Å². The first-order chi connectivity index (χ1) is 8.65. The van der Waals surface area contributed by atoms with E-state index in [-0.39, 0.29) is 5.91 Å². The van der Waals surface area contributed by atoms with Crippen LogP contribution in [0, 0.1) is 0 Å². The molecule has 1 amide bonds. The van der Waals surface area contributed by atoms with Gasteiger partial charge < -0.3 is 10.2 Å². The number of amides is 1.